The summed E-state index contributed by atoms with van der Waals surface area (Å²) in [5.41, 5.74) is 0. The van der Waals surface area contributed by atoms with Gasteiger partial charge < -0.3 is 19.3 Å². The molecule has 4 aromatic rings. The number of phenolic OH excluding ortho intramolecular Hbond substituents is 2. The zero-order valence-electron chi connectivity index (χ0n) is 15.0. The fourth-order valence-corrected chi connectivity index (χ4v) is 4.78. The number of hydrogen-bond donors (Lipinski definition) is 2. The fraction of sp³-hybridized carbons (Fsp3) is 0. The summed E-state index contributed by atoms with van der Waals surface area (Å²) in [5, 5.41) is 22.2. The summed E-state index contributed by atoms with van der Waals surface area (Å²) in [6.45, 7) is 0. The van der Waals surface area contributed by atoms with Crippen molar-refractivity contribution in [3.63, 3.8) is 0 Å². The van der Waals surface area contributed by atoms with Crippen molar-refractivity contribution in [3.8, 4) is 23.0 Å². The van der Waals surface area contributed by atoms with Crippen LogP contribution in [0.5, 0.6) is 23.0 Å². The Labute approximate surface area is 172 Å². The molecule has 0 atom stereocenters. The van der Waals surface area contributed by atoms with Crippen LogP contribution in [0.15, 0.2) is 84.9 Å². The van der Waals surface area contributed by atoms with Crippen molar-refractivity contribution < 1.29 is 23.8 Å². The topological polar surface area (TPSA) is 76.0 Å². The third-order valence-electron chi connectivity index (χ3n) is 4.26. The predicted molar refractivity (Wildman–Crippen MR) is 114 cm³/mol. The van der Waals surface area contributed by atoms with Gasteiger partial charge in [-0.3, -0.25) is 0 Å². The summed E-state index contributed by atoms with van der Waals surface area (Å²) < 4.78 is 25.4. The molecule has 0 aliphatic rings. The van der Waals surface area contributed by atoms with E-state index in [0.717, 1.165) is 0 Å². The number of fused-ring (bicyclic) bond motifs is 1. The Morgan fingerprint density at radius 3 is 1.83 bits per heavy atom. The van der Waals surface area contributed by atoms with Crippen molar-refractivity contribution >= 4 is 35.3 Å². The highest BCUT2D eigenvalue weighted by Gasteiger charge is 2.36. The molecule has 2 N–H and O–H groups in total. The number of hydrogen-bond acceptors (Lipinski definition) is 5. The van der Waals surface area contributed by atoms with Crippen molar-refractivity contribution in [1.82, 2.24) is 0 Å². The van der Waals surface area contributed by atoms with Gasteiger partial charge in [0.1, 0.15) is 28.3 Å². The Kier molecular flexibility index (Phi) is 5.10. The highest BCUT2D eigenvalue weighted by molar-refractivity contribution is 7.63. The smallest absolute Gasteiger partial charge is 0.466 e. The molecule has 0 spiro atoms. The van der Waals surface area contributed by atoms with E-state index >= 15 is 0 Å². The summed E-state index contributed by atoms with van der Waals surface area (Å²) in [5.74, 6) is 0.0669. The van der Waals surface area contributed by atoms with Gasteiger partial charge in [0.15, 0.2) is 0 Å². The minimum Gasteiger partial charge on any atom is -0.507 e. The number of rotatable bonds is 5. The number of phenols is 2. The standard InChI is InChI=1S/C22H16ClO5P/c23-15-11-12-18-19(13-15)20(24)14-21(22(18)25)29(26,27-16-7-3-1-4-8-16)28-17-9-5-2-6-10-17/h1-14,24-25H. The van der Waals surface area contributed by atoms with Crippen molar-refractivity contribution in [2.75, 3.05) is 0 Å². The van der Waals surface area contributed by atoms with Gasteiger partial charge in [-0.25, -0.2) is 4.57 Å². The van der Waals surface area contributed by atoms with Gasteiger partial charge in [0.05, 0.1) is 0 Å². The van der Waals surface area contributed by atoms with Gasteiger partial charge in [-0.05, 0) is 42.5 Å². The molecule has 0 radical (unpaired) electrons. The molecule has 4 rings (SSSR count). The average molecular weight is 427 g/mol. The van der Waals surface area contributed by atoms with Crippen LogP contribution in [0.1, 0.15) is 0 Å². The molecule has 0 bridgehead atoms. The van der Waals surface area contributed by atoms with Crippen molar-refractivity contribution in [3.05, 3.63) is 90.0 Å². The summed E-state index contributed by atoms with van der Waals surface area (Å²) >= 11 is 5.99. The highest BCUT2D eigenvalue weighted by atomic mass is 35.5. The average Bonchev–Trinajstić information content (AvgIpc) is 2.72. The van der Waals surface area contributed by atoms with Gasteiger partial charge in [-0.2, -0.15) is 0 Å². The maximum Gasteiger partial charge on any atom is 0.466 e. The van der Waals surface area contributed by atoms with Gasteiger partial charge in [0, 0.05) is 21.9 Å². The van der Waals surface area contributed by atoms with E-state index < -0.39 is 7.60 Å². The molecule has 0 aliphatic heterocycles. The van der Waals surface area contributed by atoms with E-state index in [9.17, 15) is 14.8 Å². The van der Waals surface area contributed by atoms with E-state index in [0.29, 0.717) is 21.9 Å². The largest absolute Gasteiger partial charge is 0.507 e. The molecule has 29 heavy (non-hydrogen) atoms. The molecular weight excluding hydrogens is 411 g/mol. The van der Waals surface area contributed by atoms with Gasteiger partial charge in [0.25, 0.3) is 0 Å². The SMILES string of the molecule is O=P(Oc1ccccc1)(Oc1ccccc1)c1cc(O)c2cc(Cl)ccc2c1O. The van der Waals surface area contributed by atoms with E-state index in [1.807, 2.05) is 0 Å². The number of halogens is 1. The lowest BCUT2D eigenvalue weighted by atomic mass is 10.1. The van der Waals surface area contributed by atoms with Gasteiger partial charge in [-0.15, -0.1) is 0 Å². The normalized spacial score (nSPS) is 11.3. The van der Waals surface area contributed by atoms with Crippen molar-refractivity contribution in [2.45, 2.75) is 0 Å². The first-order valence-electron chi connectivity index (χ1n) is 8.70. The van der Waals surface area contributed by atoms with Crippen LogP contribution in [-0.2, 0) is 4.57 Å². The summed E-state index contributed by atoms with van der Waals surface area (Å²) in [7, 11) is -4.14. The van der Waals surface area contributed by atoms with Crippen LogP contribution in [0, 0.1) is 0 Å². The Balaban J connectivity index is 1.90. The first kappa shape index (κ1) is 19.2. The quantitative estimate of drug-likeness (QED) is 0.308. The first-order valence-corrected chi connectivity index (χ1v) is 10.6. The predicted octanol–water partition coefficient (Wildman–Crippen LogP) is 5.88. The minimum absolute atomic E-state index is 0.155. The van der Waals surface area contributed by atoms with Gasteiger partial charge in [-0.1, -0.05) is 48.0 Å². The van der Waals surface area contributed by atoms with Crippen LogP contribution in [0.2, 0.25) is 5.02 Å². The molecule has 0 heterocycles. The summed E-state index contributed by atoms with van der Waals surface area (Å²) in [4.78, 5) is 0. The third-order valence-corrected chi connectivity index (χ3v) is 6.33. The van der Waals surface area contributed by atoms with Crippen LogP contribution < -0.4 is 14.4 Å². The van der Waals surface area contributed by atoms with Gasteiger partial charge in [0.2, 0.25) is 0 Å². The van der Waals surface area contributed by atoms with E-state index in [-0.39, 0.29) is 22.2 Å². The van der Waals surface area contributed by atoms with Crippen LogP contribution in [-0.4, -0.2) is 10.2 Å². The maximum absolute atomic E-state index is 13.9. The number of benzene rings is 4. The lowest BCUT2D eigenvalue weighted by Gasteiger charge is -2.22. The first-order chi connectivity index (χ1) is 14.0. The zero-order valence-corrected chi connectivity index (χ0v) is 16.7. The summed E-state index contributed by atoms with van der Waals surface area (Å²) in [6, 6.07) is 22.8. The van der Waals surface area contributed by atoms with E-state index in [2.05, 4.69) is 0 Å². The molecule has 0 aliphatic carbocycles. The molecule has 7 heteroatoms. The Morgan fingerprint density at radius 2 is 1.28 bits per heavy atom. The summed E-state index contributed by atoms with van der Waals surface area (Å²) in [6.07, 6.45) is 0. The highest BCUT2D eigenvalue weighted by Crippen LogP contribution is 2.51. The van der Waals surface area contributed by atoms with E-state index in [1.165, 1.54) is 18.2 Å². The lowest BCUT2D eigenvalue weighted by Crippen LogP contribution is -2.15. The van der Waals surface area contributed by atoms with Gasteiger partial charge >= 0.3 is 7.60 Å². The van der Waals surface area contributed by atoms with Crippen LogP contribution in [0.4, 0.5) is 0 Å². The van der Waals surface area contributed by atoms with Crippen LogP contribution >= 0.6 is 19.2 Å². The van der Waals surface area contributed by atoms with E-state index in [1.54, 1.807) is 66.7 Å². The molecule has 5 nitrogen and oxygen atoms in total. The molecule has 0 fully saturated rings. The monoisotopic (exact) mass is 426 g/mol. The zero-order chi connectivity index (χ0) is 20.4. The molecule has 0 saturated heterocycles. The Morgan fingerprint density at radius 1 is 0.724 bits per heavy atom. The second-order valence-corrected chi connectivity index (χ2v) is 8.54. The molecule has 4 aromatic carbocycles. The van der Waals surface area contributed by atoms with Crippen LogP contribution in [0.3, 0.4) is 0 Å². The van der Waals surface area contributed by atoms with Crippen molar-refractivity contribution in [2.24, 2.45) is 0 Å². The molecule has 0 aromatic heterocycles. The Bertz CT molecular complexity index is 1170. The Hall–Kier alpha value is -3.14. The van der Waals surface area contributed by atoms with E-state index in [4.69, 9.17) is 20.6 Å². The molecule has 146 valence electrons. The number of aromatic hydroxyl groups is 2. The second kappa shape index (κ2) is 7.70. The lowest BCUT2D eigenvalue weighted by molar-refractivity contribution is 0.396. The maximum atomic E-state index is 13.9. The second-order valence-electron chi connectivity index (χ2n) is 6.26. The molecule has 0 saturated carbocycles. The minimum atomic E-state index is -4.14. The van der Waals surface area contributed by atoms with Crippen molar-refractivity contribution in [1.29, 1.82) is 0 Å². The molecule has 0 unspecified atom stereocenters. The third kappa shape index (κ3) is 3.88. The fourth-order valence-electron chi connectivity index (χ4n) is 2.91. The molecular formula is C22H16ClO5P. The van der Waals surface area contributed by atoms with Crippen LogP contribution in [0.25, 0.3) is 10.8 Å². The molecule has 0 amide bonds. The number of para-hydroxylation sites is 2.